The van der Waals surface area contributed by atoms with E-state index in [0.717, 1.165) is 12.3 Å². The molecule has 0 radical (unpaired) electrons. The summed E-state index contributed by atoms with van der Waals surface area (Å²) in [7, 11) is 1.33. The average Bonchev–Trinajstić information content (AvgIpc) is 2.80. The Morgan fingerprint density at radius 1 is 1.24 bits per heavy atom. The summed E-state index contributed by atoms with van der Waals surface area (Å²) in [5.74, 6) is -3.05. The molecule has 0 amide bonds. The number of aliphatic hydroxyl groups excluding tert-OH is 2. The minimum Gasteiger partial charge on any atom is -0.506 e. The van der Waals surface area contributed by atoms with Crippen molar-refractivity contribution >= 4 is 29.5 Å². The van der Waals surface area contributed by atoms with Gasteiger partial charge < -0.3 is 19.7 Å². The van der Waals surface area contributed by atoms with Gasteiger partial charge in [-0.25, -0.2) is 13.6 Å². The number of nitrogens with zero attached hydrogens (tertiary/aromatic N) is 1. The maximum atomic E-state index is 14.9. The van der Waals surface area contributed by atoms with E-state index in [4.69, 9.17) is 21.1 Å². The first kappa shape index (κ1) is 27.3. The highest BCUT2D eigenvalue weighted by Gasteiger charge is 2.22. The van der Waals surface area contributed by atoms with Crippen molar-refractivity contribution in [3.63, 3.8) is 0 Å². The second kappa shape index (κ2) is 12.5. The number of hydrogen-bond acceptors (Lipinski definition) is 6. The number of methoxy groups -OCH3 is 1. The molecule has 0 heterocycles. The van der Waals surface area contributed by atoms with Crippen LogP contribution in [0.4, 0.5) is 8.78 Å². The number of hydrogen-bond donors (Lipinski definition) is 2. The molecule has 0 saturated heterocycles. The normalized spacial score (nSPS) is 13.2. The molecule has 9 heteroatoms. The quantitative estimate of drug-likeness (QED) is 0.206. The van der Waals surface area contributed by atoms with Crippen LogP contribution in [0.25, 0.3) is 5.76 Å². The zero-order valence-corrected chi connectivity index (χ0v) is 20.2. The molecule has 2 N–H and O–H groups in total. The number of aliphatic imine (C=N–C) groups is 1. The Morgan fingerprint density at radius 3 is 2.53 bits per heavy atom. The molecule has 2 rings (SSSR count). The molecule has 0 fully saturated rings. The molecule has 6 nitrogen and oxygen atoms in total. The summed E-state index contributed by atoms with van der Waals surface area (Å²) in [6.45, 7) is 4.98. The Kier molecular flexibility index (Phi) is 10.0. The predicted octanol–water partition coefficient (Wildman–Crippen LogP) is 5.14. The average molecular weight is 496 g/mol. The largest absolute Gasteiger partial charge is 0.506 e. The van der Waals surface area contributed by atoms with Gasteiger partial charge in [0.2, 0.25) is 0 Å². The van der Waals surface area contributed by atoms with E-state index in [1.165, 1.54) is 25.3 Å². The molecule has 0 unspecified atom stereocenters. The lowest BCUT2D eigenvalue weighted by Gasteiger charge is -2.15. The highest BCUT2D eigenvalue weighted by atomic mass is 35.5. The van der Waals surface area contributed by atoms with E-state index in [0.29, 0.717) is 5.56 Å². The molecule has 0 aliphatic heterocycles. The number of carbonyl (C=O) groups is 1. The van der Waals surface area contributed by atoms with E-state index in [1.54, 1.807) is 13.0 Å². The lowest BCUT2D eigenvalue weighted by Crippen LogP contribution is -2.19. The van der Waals surface area contributed by atoms with Gasteiger partial charge in [-0.05, 0) is 36.1 Å². The van der Waals surface area contributed by atoms with Crippen LogP contribution >= 0.6 is 11.6 Å². The Morgan fingerprint density at radius 2 is 1.94 bits per heavy atom. The van der Waals surface area contributed by atoms with E-state index >= 15 is 0 Å². The summed E-state index contributed by atoms with van der Waals surface area (Å²) < 4.78 is 39.6. The van der Waals surface area contributed by atoms with Crippen molar-refractivity contribution in [2.75, 3.05) is 20.3 Å². The van der Waals surface area contributed by atoms with Crippen LogP contribution in [-0.2, 0) is 16.0 Å². The van der Waals surface area contributed by atoms with Gasteiger partial charge in [0.25, 0.3) is 0 Å². The lowest BCUT2D eigenvalue weighted by molar-refractivity contribution is -0.137. The van der Waals surface area contributed by atoms with Crippen molar-refractivity contribution in [1.82, 2.24) is 0 Å². The second-order valence-electron chi connectivity index (χ2n) is 7.79. The summed E-state index contributed by atoms with van der Waals surface area (Å²) >= 11 is 5.86. The van der Waals surface area contributed by atoms with Crippen LogP contribution in [0.1, 0.15) is 37.5 Å². The van der Waals surface area contributed by atoms with Crippen LogP contribution in [0, 0.1) is 17.6 Å². The summed E-state index contributed by atoms with van der Waals surface area (Å²) in [4.78, 5) is 16.7. The standard InChI is InChI=1S/C25H28ClF2NO5/c1-5-34-25(32)18(12-29-21(13-30)14(2)3)24(31)17-10-16(22(33-4)11-20(17)27)9-15-7-6-8-19(26)23(15)28/h6-8,10-12,14,21,30-31H,5,9,13H2,1-4H3/t21-/m1/s1. The minimum atomic E-state index is -0.915. The maximum Gasteiger partial charge on any atom is 0.343 e. The third-order valence-corrected chi connectivity index (χ3v) is 5.43. The van der Waals surface area contributed by atoms with Crippen molar-refractivity contribution in [3.05, 3.63) is 69.3 Å². The van der Waals surface area contributed by atoms with Crippen LogP contribution < -0.4 is 4.74 Å². The smallest absolute Gasteiger partial charge is 0.343 e. The molecule has 0 aromatic heterocycles. The van der Waals surface area contributed by atoms with E-state index < -0.39 is 29.4 Å². The highest BCUT2D eigenvalue weighted by Crippen LogP contribution is 2.31. The van der Waals surface area contributed by atoms with Gasteiger partial charge in [-0.3, -0.25) is 4.99 Å². The molecule has 2 aromatic rings. The molecule has 0 aliphatic carbocycles. The van der Waals surface area contributed by atoms with E-state index in [-0.39, 0.29) is 53.0 Å². The number of esters is 1. The van der Waals surface area contributed by atoms with Gasteiger partial charge in [0.1, 0.15) is 28.7 Å². The summed E-state index contributed by atoms with van der Waals surface area (Å²) in [5.41, 5.74) is -0.119. The summed E-state index contributed by atoms with van der Waals surface area (Å²) in [6.07, 6.45) is 1.05. The minimum absolute atomic E-state index is 0.0150. The lowest BCUT2D eigenvalue weighted by atomic mass is 9.98. The fourth-order valence-corrected chi connectivity index (χ4v) is 3.36. The molecule has 2 aromatic carbocycles. The molecule has 0 aliphatic rings. The second-order valence-corrected chi connectivity index (χ2v) is 8.20. The maximum absolute atomic E-state index is 14.9. The number of ether oxygens (including phenoxy) is 2. The fraction of sp³-hybridized carbons (Fsp3) is 0.360. The third kappa shape index (κ3) is 6.55. The van der Waals surface area contributed by atoms with Crippen molar-refractivity contribution in [3.8, 4) is 5.75 Å². The molecule has 0 saturated carbocycles. The van der Waals surface area contributed by atoms with Gasteiger partial charge in [-0.15, -0.1) is 0 Å². The molecular weight excluding hydrogens is 468 g/mol. The van der Waals surface area contributed by atoms with E-state index in [2.05, 4.69) is 4.99 Å². The van der Waals surface area contributed by atoms with Gasteiger partial charge in [0.05, 0.1) is 37.0 Å². The van der Waals surface area contributed by atoms with Gasteiger partial charge in [-0.1, -0.05) is 37.6 Å². The zero-order valence-electron chi connectivity index (χ0n) is 19.4. The number of rotatable bonds is 10. The van der Waals surface area contributed by atoms with Crippen LogP contribution in [0.2, 0.25) is 5.02 Å². The van der Waals surface area contributed by atoms with Crippen LogP contribution in [0.5, 0.6) is 5.75 Å². The topological polar surface area (TPSA) is 88.4 Å². The van der Waals surface area contributed by atoms with Crippen molar-refractivity contribution < 1.29 is 33.3 Å². The van der Waals surface area contributed by atoms with Crippen LogP contribution in [-0.4, -0.2) is 48.8 Å². The number of benzene rings is 2. The van der Waals surface area contributed by atoms with Crippen molar-refractivity contribution in [2.24, 2.45) is 10.9 Å². The Hall–Kier alpha value is -2.97. The SMILES string of the molecule is CCOC(=O)C(C=N[C@H](CO)C(C)C)=C(O)c1cc(Cc2cccc(Cl)c2F)c(OC)cc1F. The van der Waals surface area contributed by atoms with Crippen LogP contribution in [0.15, 0.2) is 40.9 Å². The van der Waals surface area contributed by atoms with Gasteiger partial charge in [0, 0.05) is 18.7 Å². The Bertz CT molecular complexity index is 1090. The molecular formula is C25H28ClF2NO5. The first-order valence-corrected chi connectivity index (χ1v) is 11.1. The summed E-state index contributed by atoms with van der Waals surface area (Å²) in [5, 5.41) is 20.3. The first-order valence-electron chi connectivity index (χ1n) is 10.7. The van der Waals surface area contributed by atoms with Gasteiger partial charge >= 0.3 is 5.97 Å². The molecule has 34 heavy (non-hydrogen) atoms. The molecule has 0 spiro atoms. The van der Waals surface area contributed by atoms with Crippen molar-refractivity contribution in [2.45, 2.75) is 33.2 Å². The molecule has 1 atom stereocenters. The Balaban J connectivity index is 2.63. The first-order chi connectivity index (χ1) is 16.1. The molecule has 184 valence electrons. The number of aliphatic hydroxyl groups is 2. The highest BCUT2D eigenvalue weighted by molar-refractivity contribution is 6.30. The van der Waals surface area contributed by atoms with Crippen LogP contribution in [0.3, 0.4) is 0 Å². The zero-order chi connectivity index (χ0) is 25.4. The molecule has 0 bridgehead atoms. The van der Waals surface area contributed by atoms with E-state index in [1.807, 2.05) is 13.8 Å². The summed E-state index contributed by atoms with van der Waals surface area (Å²) in [6, 6.07) is 6.27. The number of carbonyl (C=O) groups excluding carboxylic acids is 1. The predicted molar refractivity (Wildman–Crippen MR) is 128 cm³/mol. The number of halogens is 3. The Labute approximate surface area is 202 Å². The van der Waals surface area contributed by atoms with Crippen molar-refractivity contribution in [1.29, 1.82) is 0 Å². The van der Waals surface area contributed by atoms with E-state index in [9.17, 15) is 23.8 Å². The van der Waals surface area contributed by atoms with Gasteiger partial charge in [0.15, 0.2) is 0 Å². The monoisotopic (exact) mass is 495 g/mol. The van der Waals surface area contributed by atoms with Gasteiger partial charge in [-0.2, -0.15) is 0 Å². The third-order valence-electron chi connectivity index (χ3n) is 5.14. The fourth-order valence-electron chi connectivity index (χ4n) is 3.16.